The molecule has 0 atom stereocenters. The smallest absolute Gasteiger partial charge is 0.117 e. The number of furan rings is 1. The highest BCUT2D eigenvalue weighted by Gasteiger charge is 2.41. The molecule has 1 aromatic rings. The van der Waals surface area contributed by atoms with Gasteiger partial charge in [-0.15, -0.1) is 0 Å². The SMILES string of the molecule is Cc1ccc(CNCC2(CCO)CC2)o1. The predicted molar refractivity (Wildman–Crippen MR) is 58.5 cm³/mol. The van der Waals surface area contributed by atoms with Crippen molar-refractivity contribution < 1.29 is 9.52 Å². The highest BCUT2D eigenvalue weighted by Crippen LogP contribution is 2.47. The van der Waals surface area contributed by atoms with E-state index in [9.17, 15) is 0 Å². The third-order valence-electron chi connectivity index (χ3n) is 3.19. The van der Waals surface area contributed by atoms with E-state index in [1.54, 1.807) is 0 Å². The highest BCUT2D eigenvalue weighted by atomic mass is 16.3. The van der Waals surface area contributed by atoms with Gasteiger partial charge in [-0.25, -0.2) is 0 Å². The summed E-state index contributed by atoms with van der Waals surface area (Å²) in [6, 6.07) is 3.99. The minimum atomic E-state index is 0.307. The Morgan fingerprint density at radius 2 is 2.27 bits per heavy atom. The van der Waals surface area contributed by atoms with Gasteiger partial charge in [0.2, 0.25) is 0 Å². The lowest BCUT2D eigenvalue weighted by atomic mass is 10.0. The summed E-state index contributed by atoms with van der Waals surface area (Å²) < 4.78 is 5.47. The van der Waals surface area contributed by atoms with E-state index in [1.807, 2.05) is 19.1 Å². The lowest BCUT2D eigenvalue weighted by molar-refractivity contribution is 0.244. The largest absolute Gasteiger partial charge is 0.465 e. The van der Waals surface area contributed by atoms with Gasteiger partial charge in [0, 0.05) is 13.2 Å². The average molecular weight is 209 g/mol. The van der Waals surface area contributed by atoms with E-state index in [1.165, 1.54) is 12.8 Å². The van der Waals surface area contributed by atoms with Crippen LogP contribution < -0.4 is 5.32 Å². The summed E-state index contributed by atoms with van der Waals surface area (Å²) >= 11 is 0. The van der Waals surface area contributed by atoms with Gasteiger partial charge in [0.15, 0.2) is 0 Å². The van der Waals surface area contributed by atoms with E-state index in [-0.39, 0.29) is 0 Å². The van der Waals surface area contributed by atoms with Crippen LogP contribution in [0.4, 0.5) is 0 Å². The summed E-state index contributed by atoms with van der Waals surface area (Å²) in [7, 11) is 0. The third-order valence-corrected chi connectivity index (χ3v) is 3.19. The number of aliphatic hydroxyl groups excluding tert-OH is 1. The second kappa shape index (κ2) is 4.37. The topological polar surface area (TPSA) is 45.4 Å². The molecule has 2 N–H and O–H groups in total. The van der Waals surface area contributed by atoms with Crippen LogP contribution in [0.2, 0.25) is 0 Å². The standard InChI is InChI=1S/C12H19NO2/c1-10-2-3-11(15-10)8-13-9-12(4-5-12)6-7-14/h2-3,13-14H,4-9H2,1H3. The Labute approximate surface area is 90.5 Å². The number of nitrogens with one attached hydrogen (secondary N) is 1. The molecule has 0 saturated heterocycles. The van der Waals surface area contributed by atoms with Crippen LogP contribution in [0.5, 0.6) is 0 Å². The Morgan fingerprint density at radius 3 is 2.80 bits per heavy atom. The summed E-state index contributed by atoms with van der Waals surface area (Å²) in [5.41, 5.74) is 0.385. The van der Waals surface area contributed by atoms with Crippen molar-refractivity contribution in [1.82, 2.24) is 5.32 Å². The van der Waals surface area contributed by atoms with Gasteiger partial charge in [-0.3, -0.25) is 0 Å². The van der Waals surface area contributed by atoms with Crippen molar-refractivity contribution in [1.29, 1.82) is 0 Å². The van der Waals surface area contributed by atoms with Gasteiger partial charge in [-0.2, -0.15) is 0 Å². The molecule has 0 bridgehead atoms. The highest BCUT2D eigenvalue weighted by molar-refractivity contribution is 5.05. The molecule has 3 nitrogen and oxygen atoms in total. The zero-order valence-electron chi connectivity index (χ0n) is 9.25. The van der Waals surface area contributed by atoms with Crippen LogP contribution in [0.15, 0.2) is 16.5 Å². The van der Waals surface area contributed by atoms with Crippen LogP contribution in [0.1, 0.15) is 30.8 Å². The van der Waals surface area contributed by atoms with E-state index >= 15 is 0 Å². The van der Waals surface area contributed by atoms with Crippen LogP contribution in [0.3, 0.4) is 0 Å². The van der Waals surface area contributed by atoms with Gasteiger partial charge in [-0.05, 0) is 43.7 Å². The zero-order chi connectivity index (χ0) is 10.7. The number of hydrogen-bond acceptors (Lipinski definition) is 3. The molecule has 1 aliphatic carbocycles. The molecule has 1 aromatic heterocycles. The van der Waals surface area contributed by atoms with E-state index < -0.39 is 0 Å². The van der Waals surface area contributed by atoms with Crippen LogP contribution in [0.25, 0.3) is 0 Å². The van der Waals surface area contributed by atoms with Gasteiger partial charge >= 0.3 is 0 Å². The summed E-state index contributed by atoms with van der Waals surface area (Å²) in [5, 5.41) is 12.3. The summed E-state index contributed by atoms with van der Waals surface area (Å²) in [6.07, 6.45) is 3.42. The Bertz CT molecular complexity index is 315. The van der Waals surface area contributed by atoms with Gasteiger partial charge in [0.1, 0.15) is 11.5 Å². The van der Waals surface area contributed by atoms with Crippen molar-refractivity contribution in [2.45, 2.75) is 32.7 Å². The van der Waals surface area contributed by atoms with Gasteiger partial charge in [0.05, 0.1) is 6.54 Å². The van der Waals surface area contributed by atoms with Crippen molar-refractivity contribution >= 4 is 0 Å². The molecule has 3 heteroatoms. The first-order chi connectivity index (χ1) is 7.24. The number of rotatable bonds is 6. The second-order valence-corrected chi connectivity index (χ2v) is 4.59. The summed E-state index contributed by atoms with van der Waals surface area (Å²) in [5.74, 6) is 1.95. The first-order valence-electron chi connectivity index (χ1n) is 5.61. The quantitative estimate of drug-likeness (QED) is 0.751. The zero-order valence-corrected chi connectivity index (χ0v) is 9.25. The molecular formula is C12H19NO2. The van der Waals surface area contributed by atoms with Crippen molar-refractivity contribution in [2.75, 3.05) is 13.2 Å². The maximum Gasteiger partial charge on any atom is 0.117 e. The summed E-state index contributed by atoms with van der Waals surface area (Å²) in [4.78, 5) is 0. The molecule has 1 aliphatic rings. The Balaban J connectivity index is 1.71. The Morgan fingerprint density at radius 1 is 1.47 bits per heavy atom. The monoisotopic (exact) mass is 209 g/mol. The minimum absolute atomic E-state index is 0.307. The molecule has 2 rings (SSSR count). The fourth-order valence-corrected chi connectivity index (χ4v) is 1.96. The lowest BCUT2D eigenvalue weighted by Gasteiger charge is -2.13. The van der Waals surface area contributed by atoms with Crippen molar-refractivity contribution in [3.8, 4) is 0 Å². The Hall–Kier alpha value is -0.800. The van der Waals surface area contributed by atoms with Crippen molar-refractivity contribution in [3.05, 3.63) is 23.7 Å². The molecule has 0 radical (unpaired) electrons. The fourth-order valence-electron chi connectivity index (χ4n) is 1.96. The molecule has 1 saturated carbocycles. The fraction of sp³-hybridized carbons (Fsp3) is 0.667. The number of aliphatic hydroxyl groups is 1. The Kier molecular flexibility index (Phi) is 3.12. The van der Waals surface area contributed by atoms with Gasteiger partial charge in [0.25, 0.3) is 0 Å². The lowest BCUT2D eigenvalue weighted by Crippen LogP contribution is -2.24. The summed E-state index contributed by atoms with van der Waals surface area (Å²) in [6.45, 7) is 4.05. The predicted octanol–water partition coefficient (Wildman–Crippen LogP) is 1.84. The normalized spacial score (nSPS) is 18.0. The number of aryl methyl sites for hydroxylation is 1. The van der Waals surface area contributed by atoms with Gasteiger partial charge in [-0.1, -0.05) is 0 Å². The van der Waals surface area contributed by atoms with Crippen molar-refractivity contribution in [2.24, 2.45) is 5.41 Å². The molecule has 0 unspecified atom stereocenters. The van der Waals surface area contributed by atoms with E-state index in [0.717, 1.165) is 31.0 Å². The third kappa shape index (κ3) is 2.83. The van der Waals surface area contributed by atoms with Crippen LogP contribution in [0, 0.1) is 12.3 Å². The van der Waals surface area contributed by atoms with E-state index in [2.05, 4.69) is 5.32 Å². The second-order valence-electron chi connectivity index (χ2n) is 4.59. The van der Waals surface area contributed by atoms with Crippen LogP contribution in [-0.4, -0.2) is 18.3 Å². The maximum absolute atomic E-state index is 8.92. The molecular weight excluding hydrogens is 190 g/mol. The molecule has 84 valence electrons. The molecule has 0 spiro atoms. The minimum Gasteiger partial charge on any atom is -0.465 e. The van der Waals surface area contributed by atoms with E-state index in [4.69, 9.17) is 9.52 Å². The molecule has 1 heterocycles. The van der Waals surface area contributed by atoms with Crippen LogP contribution >= 0.6 is 0 Å². The van der Waals surface area contributed by atoms with Crippen molar-refractivity contribution in [3.63, 3.8) is 0 Å². The van der Waals surface area contributed by atoms with Crippen LogP contribution in [-0.2, 0) is 6.54 Å². The molecule has 0 amide bonds. The first-order valence-corrected chi connectivity index (χ1v) is 5.61. The molecule has 1 fully saturated rings. The number of hydrogen-bond donors (Lipinski definition) is 2. The van der Waals surface area contributed by atoms with Gasteiger partial charge < -0.3 is 14.8 Å². The van der Waals surface area contributed by atoms with E-state index in [0.29, 0.717) is 12.0 Å². The molecule has 0 aliphatic heterocycles. The molecule has 0 aromatic carbocycles. The molecule has 15 heavy (non-hydrogen) atoms. The average Bonchev–Trinajstić information content (AvgIpc) is 2.83. The maximum atomic E-state index is 8.92. The first kappa shape index (κ1) is 10.7.